The number of carbonyl (C=O) groups is 3. The summed E-state index contributed by atoms with van der Waals surface area (Å²) in [6.07, 6.45) is 0. The fraction of sp³-hybridized carbons (Fsp3) is 0.824. The largest absolute Gasteiger partial charge is 0.480 e. The first-order valence-electron chi connectivity index (χ1n) is 8.95. The fourth-order valence-corrected chi connectivity index (χ4v) is 2.84. The van der Waals surface area contributed by atoms with Gasteiger partial charge in [0, 0.05) is 33.3 Å². The van der Waals surface area contributed by atoms with E-state index in [2.05, 4.69) is 10.6 Å². The molecule has 9 heteroatoms. The maximum absolute atomic E-state index is 13.0. The van der Waals surface area contributed by atoms with Crippen LogP contribution >= 0.6 is 0 Å². The van der Waals surface area contributed by atoms with Crippen LogP contribution < -0.4 is 10.6 Å². The Morgan fingerprint density at radius 3 is 2.38 bits per heavy atom. The van der Waals surface area contributed by atoms with Crippen molar-refractivity contribution in [2.24, 2.45) is 5.92 Å². The Labute approximate surface area is 155 Å². The molecule has 0 bridgehead atoms. The van der Waals surface area contributed by atoms with Gasteiger partial charge in [-0.1, -0.05) is 13.8 Å². The Bertz CT molecular complexity index is 500. The number of amides is 2. The second-order valence-electron chi connectivity index (χ2n) is 6.92. The first kappa shape index (κ1) is 22.3. The van der Waals surface area contributed by atoms with Gasteiger partial charge >= 0.3 is 5.97 Å². The van der Waals surface area contributed by atoms with Crippen molar-refractivity contribution < 1.29 is 24.2 Å². The van der Waals surface area contributed by atoms with Gasteiger partial charge in [0.05, 0.1) is 12.6 Å². The van der Waals surface area contributed by atoms with Crippen molar-refractivity contribution in [1.82, 2.24) is 20.4 Å². The highest BCUT2D eigenvalue weighted by atomic mass is 16.5. The van der Waals surface area contributed by atoms with Gasteiger partial charge in [-0.2, -0.15) is 0 Å². The quantitative estimate of drug-likeness (QED) is 0.475. The third kappa shape index (κ3) is 5.93. The Morgan fingerprint density at radius 1 is 1.23 bits per heavy atom. The third-order valence-corrected chi connectivity index (χ3v) is 4.70. The number of aliphatic carboxylic acids is 1. The maximum Gasteiger partial charge on any atom is 0.327 e. The number of methoxy groups -OCH3 is 1. The first-order valence-corrected chi connectivity index (χ1v) is 8.95. The van der Waals surface area contributed by atoms with Crippen LogP contribution in [0.15, 0.2) is 0 Å². The SMILES string of the molecule is CNC(C)C(=O)NC(C(=O)N1CCN(CCOC)CC1C(=O)O)C(C)C. The predicted molar refractivity (Wildman–Crippen MR) is 96.7 cm³/mol. The molecule has 9 nitrogen and oxygen atoms in total. The zero-order chi connectivity index (χ0) is 19.9. The molecule has 1 aliphatic rings. The molecule has 26 heavy (non-hydrogen) atoms. The van der Waals surface area contributed by atoms with E-state index in [9.17, 15) is 19.5 Å². The molecule has 1 saturated heterocycles. The summed E-state index contributed by atoms with van der Waals surface area (Å²) in [7, 11) is 3.26. The number of nitrogens with one attached hydrogen (secondary N) is 2. The van der Waals surface area contributed by atoms with E-state index in [4.69, 9.17) is 4.74 Å². The van der Waals surface area contributed by atoms with E-state index < -0.39 is 24.1 Å². The number of carboxylic acids is 1. The van der Waals surface area contributed by atoms with Crippen LogP contribution in [0.2, 0.25) is 0 Å². The molecule has 3 N–H and O–H groups in total. The molecule has 1 rings (SSSR count). The van der Waals surface area contributed by atoms with Crippen molar-refractivity contribution in [3.05, 3.63) is 0 Å². The zero-order valence-corrected chi connectivity index (χ0v) is 16.3. The molecule has 150 valence electrons. The second kappa shape index (κ2) is 10.4. The lowest BCUT2D eigenvalue weighted by Crippen LogP contribution is -2.63. The average Bonchev–Trinajstić information content (AvgIpc) is 2.62. The van der Waals surface area contributed by atoms with E-state index in [1.807, 2.05) is 18.7 Å². The fourth-order valence-electron chi connectivity index (χ4n) is 2.84. The van der Waals surface area contributed by atoms with Crippen LogP contribution in [0.1, 0.15) is 20.8 Å². The van der Waals surface area contributed by atoms with Crippen molar-refractivity contribution >= 4 is 17.8 Å². The molecule has 1 aliphatic heterocycles. The lowest BCUT2D eigenvalue weighted by Gasteiger charge is -2.41. The second-order valence-corrected chi connectivity index (χ2v) is 6.92. The standard InChI is InChI=1S/C17H32N4O5/c1-11(2)14(19-15(22)12(3)18-4)16(23)21-7-6-20(8-9-26-5)10-13(21)17(24)25/h11-14,18H,6-10H2,1-5H3,(H,19,22)(H,24,25). The van der Waals surface area contributed by atoms with Gasteiger partial charge in [0.1, 0.15) is 12.1 Å². The minimum atomic E-state index is -1.04. The molecule has 0 radical (unpaired) electrons. The van der Waals surface area contributed by atoms with E-state index in [1.54, 1.807) is 21.1 Å². The van der Waals surface area contributed by atoms with Gasteiger partial charge < -0.3 is 25.4 Å². The van der Waals surface area contributed by atoms with Gasteiger partial charge in [-0.05, 0) is 19.9 Å². The molecule has 2 amide bonds. The summed E-state index contributed by atoms with van der Waals surface area (Å²) in [5, 5.41) is 15.2. The highest BCUT2D eigenvalue weighted by Gasteiger charge is 2.39. The molecule has 0 aliphatic carbocycles. The highest BCUT2D eigenvalue weighted by Crippen LogP contribution is 2.15. The summed E-state index contributed by atoms with van der Waals surface area (Å²) in [4.78, 5) is 40.2. The molecule has 0 saturated carbocycles. The Morgan fingerprint density at radius 2 is 1.88 bits per heavy atom. The number of carboxylic acid groups (broad SMARTS) is 1. The summed E-state index contributed by atoms with van der Waals surface area (Å²) in [5.41, 5.74) is 0. The number of piperazine rings is 1. The number of hydrogen-bond donors (Lipinski definition) is 3. The van der Waals surface area contributed by atoms with Crippen molar-refractivity contribution in [2.75, 3.05) is 46.9 Å². The van der Waals surface area contributed by atoms with Gasteiger partial charge in [0.25, 0.3) is 0 Å². The molecule has 0 spiro atoms. The Hall–Kier alpha value is -1.71. The predicted octanol–water partition coefficient (Wildman–Crippen LogP) is -1.02. The van der Waals surface area contributed by atoms with Crippen molar-refractivity contribution in [3.8, 4) is 0 Å². The van der Waals surface area contributed by atoms with Crippen LogP contribution in [-0.4, -0.2) is 97.8 Å². The summed E-state index contributed by atoms with van der Waals surface area (Å²) >= 11 is 0. The smallest absolute Gasteiger partial charge is 0.327 e. The Balaban J connectivity index is 2.88. The number of likely N-dealkylation sites (N-methyl/N-ethyl adjacent to an activating group) is 1. The van der Waals surface area contributed by atoms with Crippen LogP contribution in [0.5, 0.6) is 0 Å². The molecule has 1 heterocycles. The lowest BCUT2D eigenvalue weighted by atomic mass is 10.00. The first-order chi connectivity index (χ1) is 12.2. The van der Waals surface area contributed by atoms with E-state index in [0.29, 0.717) is 26.2 Å². The summed E-state index contributed by atoms with van der Waals surface area (Å²) in [6.45, 7) is 7.61. The molecule has 0 aromatic heterocycles. The molecule has 0 aromatic carbocycles. The van der Waals surface area contributed by atoms with Crippen LogP contribution in [0.25, 0.3) is 0 Å². The summed E-state index contributed by atoms with van der Waals surface area (Å²) in [6, 6.07) is -2.14. The normalized spacial score (nSPS) is 20.7. The van der Waals surface area contributed by atoms with Gasteiger partial charge in [0.15, 0.2) is 0 Å². The number of rotatable bonds is 9. The van der Waals surface area contributed by atoms with E-state index >= 15 is 0 Å². The van der Waals surface area contributed by atoms with Gasteiger partial charge in [-0.15, -0.1) is 0 Å². The molecule has 3 unspecified atom stereocenters. The highest BCUT2D eigenvalue weighted by molar-refractivity contribution is 5.92. The van der Waals surface area contributed by atoms with Crippen LogP contribution in [-0.2, 0) is 19.1 Å². The van der Waals surface area contributed by atoms with Crippen molar-refractivity contribution in [2.45, 2.75) is 38.9 Å². The van der Waals surface area contributed by atoms with Gasteiger partial charge in [0.2, 0.25) is 11.8 Å². The molecular weight excluding hydrogens is 340 g/mol. The lowest BCUT2D eigenvalue weighted by molar-refractivity contribution is -0.155. The molecule has 0 aromatic rings. The minimum absolute atomic E-state index is 0.156. The zero-order valence-electron chi connectivity index (χ0n) is 16.3. The molecule has 3 atom stereocenters. The van der Waals surface area contributed by atoms with E-state index in [1.165, 1.54) is 4.90 Å². The Kier molecular flexibility index (Phi) is 8.97. The average molecular weight is 372 g/mol. The number of ether oxygens (including phenoxy) is 1. The molecule has 1 fully saturated rings. The summed E-state index contributed by atoms with van der Waals surface area (Å²) < 4.78 is 5.04. The van der Waals surface area contributed by atoms with Gasteiger partial charge in [-0.3, -0.25) is 14.5 Å². The molecular formula is C17H32N4O5. The van der Waals surface area contributed by atoms with Crippen molar-refractivity contribution in [1.29, 1.82) is 0 Å². The minimum Gasteiger partial charge on any atom is -0.480 e. The maximum atomic E-state index is 13.0. The van der Waals surface area contributed by atoms with Gasteiger partial charge in [-0.25, -0.2) is 4.79 Å². The van der Waals surface area contributed by atoms with Crippen LogP contribution in [0, 0.1) is 5.92 Å². The summed E-state index contributed by atoms with van der Waals surface area (Å²) in [5.74, 6) is -1.84. The van der Waals surface area contributed by atoms with E-state index in [0.717, 1.165) is 0 Å². The van der Waals surface area contributed by atoms with Crippen LogP contribution in [0.4, 0.5) is 0 Å². The topological polar surface area (TPSA) is 111 Å². The third-order valence-electron chi connectivity index (χ3n) is 4.70. The van der Waals surface area contributed by atoms with Crippen molar-refractivity contribution in [3.63, 3.8) is 0 Å². The monoisotopic (exact) mass is 372 g/mol. The van der Waals surface area contributed by atoms with Crippen LogP contribution in [0.3, 0.4) is 0 Å². The number of nitrogens with zero attached hydrogens (tertiary/aromatic N) is 2. The number of carbonyl (C=O) groups excluding carboxylic acids is 2. The number of hydrogen-bond acceptors (Lipinski definition) is 6. The van der Waals surface area contributed by atoms with E-state index in [-0.39, 0.29) is 24.3 Å².